The first-order chi connectivity index (χ1) is 14.2. The van der Waals surface area contributed by atoms with Gasteiger partial charge in [0.1, 0.15) is 12.4 Å². The maximum absolute atomic E-state index is 12.5. The van der Waals surface area contributed by atoms with Crippen LogP contribution in [-0.4, -0.2) is 12.5 Å². The van der Waals surface area contributed by atoms with Crippen molar-refractivity contribution in [1.82, 2.24) is 5.32 Å². The highest BCUT2D eigenvalue weighted by Crippen LogP contribution is 2.21. The molecule has 3 nitrogen and oxygen atoms in total. The Kier molecular flexibility index (Phi) is 7.71. The average molecular weight is 408 g/mol. The average Bonchev–Trinajstić information content (AvgIpc) is 2.77. The Morgan fingerprint density at radius 2 is 1.66 bits per heavy atom. The number of halogens is 1. The molecule has 0 aliphatic rings. The van der Waals surface area contributed by atoms with Gasteiger partial charge in [-0.3, -0.25) is 4.79 Å². The number of rotatable bonds is 9. The third-order valence-corrected chi connectivity index (χ3v) is 5.10. The summed E-state index contributed by atoms with van der Waals surface area (Å²) >= 11 is 5.89. The van der Waals surface area contributed by atoms with Crippen molar-refractivity contribution in [2.24, 2.45) is 0 Å². The molecule has 1 atom stereocenters. The lowest BCUT2D eigenvalue weighted by molar-refractivity contribution is 0.0950. The number of nitrogens with one attached hydrogen (secondary N) is 1. The molecular weight excluding hydrogens is 382 g/mol. The molecule has 150 valence electrons. The SMILES string of the molecule is CCC[C@@H](CNC(=O)c1ccc(OCc2ccc(Cl)cc2)cc1)c1ccccc1. The number of amides is 1. The highest BCUT2D eigenvalue weighted by molar-refractivity contribution is 6.30. The van der Waals surface area contributed by atoms with Crippen LogP contribution in [0.4, 0.5) is 0 Å². The van der Waals surface area contributed by atoms with E-state index in [1.54, 1.807) is 12.1 Å². The molecule has 4 heteroatoms. The summed E-state index contributed by atoms with van der Waals surface area (Å²) in [6.07, 6.45) is 2.12. The van der Waals surface area contributed by atoms with E-state index in [4.69, 9.17) is 16.3 Å². The van der Waals surface area contributed by atoms with E-state index in [0.29, 0.717) is 29.7 Å². The van der Waals surface area contributed by atoms with Gasteiger partial charge in [-0.05, 0) is 53.9 Å². The molecule has 0 saturated carbocycles. The fraction of sp³-hybridized carbons (Fsp3) is 0.240. The summed E-state index contributed by atoms with van der Waals surface area (Å²) in [7, 11) is 0. The van der Waals surface area contributed by atoms with Crippen molar-refractivity contribution in [2.45, 2.75) is 32.3 Å². The summed E-state index contributed by atoms with van der Waals surface area (Å²) in [5.74, 6) is 0.989. The molecule has 0 radical (unpaired) electrons. The number of benzene rings is 3. The predicted octanol–water partition coefficient (Wildman–Crippen LogP) is 6.23. The minimum absolute atomic E-state index is 0.0636. The quantitative estimate of drug-likeness (QED) is 0.456. The largest absolute Gasteiger partial charge is 0.489 e. The molecule has 0 aliphatic carbocycles. The topological polar surface area (TPSA) is 38.3 Å². The van der Waals surface area contributed by atoms with Crippen molar-refractivity contribution in [3.63, 3.8) is 0 Å². The van der Waals surface area contributed by atoms with E-state index >= 15 is 0 Å². The predicted molar refractivity (Wildman–Crippen MR) is 119 cm³/mol. The summed E-state index contributed by atoms with van der Waals surface area (Å²) in [4.78, 5) is 12.5. The Balaban J connectivity index is 1.53. The second kappa shape index (κ2) is 10.7. The molecule has 0 heterocycles. The van der Waals surface area contributed by atoms with Gasteiger partial charge in [-0.25, -0.2) is 0 Å². The third-order valence-electron chi connectivity index (χ3n) is 4.85. The summed E-state index contributed by atoms with van der Waals surface area (Å²) in [6, 6.07) is 25.1. The van der Waals surface area contributed by atoms with Crippen LogP contribution in [0.2, 0.25) is 5.02 Å². The summed E-state index contributed by atoms with van der Waals surface area (Å²) < 4.78 is 5.78. The van der Waals surface area contributed by atoms with Crippen LogP contribution >= 0.6 is 11.6 Å². The third kappa shape index (κ3) is 6.37. The highest BCUT2D eigenvalue weighted by atomic mass is 35.5. The van der Waals surface area contributed by atoms with Crippen LogP contribution in [0.3, 0.4) is 0 Å². The Morgan fingerprint density at radius 1 is 0.966 bits per heavy atom. The molecule has 3 aromatic rings. The van der Waals surface area contributed by atoms with Crippen LogP contribution in [0, 0.1) is 0 Å². The first-order valence-electron chi connectivity index (χ1n) is 9.96. The van der Waals surface area contributed by atoms with Gasteiger partial charge >= 0.3 is 0 Å². The zero-order chi connectivity index (χ0) is 20.5. The number of hydrogen-bond donors (Lipinski definition) is 1. The van der Waals surface area contributed by atoms with E-state index in [2.05, 4.69) is 24.4 Å². The first kappa shape index (κ1) is 20.9. The number of hydrogen-bond acceptors (Lipinski definition) is 2. The fourth-order valence-corrected chi connectivity index (χ4v) is 3.35. The van der Waals surface area contributed by atoms with Gasteiger partial charge < -0.3 is 10.1 Å². The van der Waals surface area contributed by atoms with Crippen LogP contribution in [-0.2, 0) is 6.61 Å². The molecule has 1 N–H and O–H groups in total. The van der Waals surface area contributed by atoms with Gasteiger partial charge in [0.25, 0.3) is 5.91 Å². The van der Waals surface area contributed by atoms with Crippen LogP contribution in [0.15, 0.2) is 78.9 Å². The summed E-state index contributed by atoms with van der Waals surface area (Å²) in [5.41, 5.74) is 2.94. The first-order valence-corrected chi connectivity index (χ1v) is 10.3. The molecule has 3 aromatic carbocycles. The molecule has 0 fully saturated rings. The fourth-order valence-electron chi connectivity index (χ4n) is 3.23. The lowest BCUT2D eigenvalue weighted by atomic mass is 9.94. The smallest absolute Gasteiger partial charge is 0.251 e. The van der Waals surface area contributed by atoms with Gasteiger partial charge in [-0.1, -0.05) is 67.4 Å². The number of carbonyl (C=O) groups excluding carboxylic acids is 1. The number of ether oxygens (including phenoxy) is 1. The van der Waals surface area contributed by atoms with E-state index in [1.165, 1.54) is 5.56 Å². The second-order valence-electron chi connectivity index (χ2n) is 7.05. The lowest BCUT2D eigenvalue weighted by Crippen LogP contribution is -2.28. The highest BCUT2D eigenvalue weighted by Gasteiger charge is 2.13. The van der Waals surface area contributed by atoms with Gasteiger partial charge in [0.15, 0.2) is 0 Å². The Labute approximate surface area is 177 Å². The minimum Gasteiger partial charge on any atom is -0.489 e. The van der Waals surface area contributed by atoms with Gasteiger partial charge in [0.2, 0.25) is 0 Å². The van der Waals surface area contributed by atoms with Gasteiger partial charge in [-0.15, -0.1) is 0 Å². The van der Waals surface area contributed by atoms with E-state index in [-0.39, 0.29) is 5.91 Å². The van der Waals surface area contributed by atoms with Crippen LogP contribution in [0.1, 0.15) is 47.2 Å². The van der Waals surface area contributed by atoms with Gasteiger partial charge in [-0.2, -0.15) is 0 Å². The van der Waals surface area contributed by atoms with Gasteiger partial charge in [0, 0.05) is 23.0 Å². The zero-order valence-electron chi connectivity index (χ0n) is 16.6. The molecule has 1 amide bonds. The lowest BCUT2D eigenvalue weighted by Gasteiger charge is -2.17. The number of carbonyl (C=O) groups is 1. The molecule has 29 heavy (non-hydrogen) atoms. The van der Waals surface area contributed by atoms with Crippen molar-refractivity contribution < 1.29 is 9.53 Å². The van der Waals surface area contributed by atoms with Crippen molar-refractivity contribution in [1.29, 1.82) is 0 Å². The minimum atomic E-state index is -0.0636. The Hall–Kier alpha value is -2.78. The van der Waals surface area contributed by atoms with Gasteiger partial charge in [0.05, 0.1) is 0 Å². The van der Waals surface area contributed by atoms with Crippen molar-refractivity contribution >= 4 is 17.5 Å². The van der Waals surface area contributed by atoms with Crippen LogP contribution in [0.5, 0.6) is 5.75 Å². The normalized spacial score (nSPS) is 11.7. The Bertz CT molecular complexity index is 892. The molecule has 0 spiro atoms. The summed E-state index contributed by atoms with van der Waals surface area (Å²) in [5, 5.41) is 3.78. The molecule has 0 aromatic heterocycles. The Morgan fingerprint density at radius 3 is 2.31 bits per heavy atom. The standard InChI is InChI=1S/C25H26ClNO2/c1-2-6-22(20-7-4-3-5-8-20)17-27-25(28)21-11-15-24(16-12-21)29-18-19-9-13-23(26)14-10-19/h3-5,7-16,22H,2,6,17-18H2,1H3,(H,27,28)/t22-/m0/s1. The monoisotopic (exact) mass is 407 g/mol. The van der Waals surface area contributed by atoms with E-state index in [9.17, 15) is 4.79 Å². The second-order valence-corrected chi connectivity index (χ2v) is 7.48. The summed E-state index contributed by atoms with van der Waals surface area (Å²) in [6.45, 7) is 3.25. The molecule has 0 saturated heterocycles. The van der Waals surface area contributed by atoms with E-state index in [0.717, 1.165) is 24.2 Å². The zero-order valence-corrected chi connectivity index (χ0v) is 17.4. The maximum atomic E-state index is 12.5. The van der Waals surface area contributed by atoms with Crippen molar-refractivity contribution in [3.8, 4) is 5.75 Å². The van der Waals surface area contributed by atoms with Crippen LogP contribution < -0.4 is 10.1 Å². The van der Waals surface area contributed by atoms with Crippen LogP contribution in [0.25, 0.3) is 0 Å². The molecular formula is C25H26ClNO2. The van der Waals surface area contributed by atoms with Crippen molar-refractivity contribution in [3.05, 3.63) is 101 Å². The molecule has 0 bridgehead atoms. The van der Waals surface area contributed by atoms with Crippen molar-refractivity contribution in [2.75, 3.05) is 6.54 Å². The molecule has 0 unspecified atom stereocenters. The van der Waals surface area contributed by atoms with E-state index in [1.807, 2.05) is 54.6 Å². The molecule has 3 rings (SSSR count). The van der Waals surface area contributed by atoms with E-state index < -0.39 is 0 Å². The maximum Gasteiger partial charge on any atom is 0.251 e. The molecule has 0 aliphatic heterocycles.